The van der Waals surface area contributed by atoms with E-state index in [1.54, 1.807) is 12.1 Å². The van der Waals surface area contributed by atoms with Crippen LogP contribution in [0.4, 0.5) is 0 Å². The number of hydrogen-bond donors (Lipinski definition) is 1. The molecule has 1 aliphatic rings. The number of nitrogens with one attached hydrogen (secondary N) is 1. The van der Waals surface area contributed by atoms with E-state index in [1.165, 1.54) is 22.5 Å². The minimum Gasteiger partial charge on any atom is -0.351 e. The van der Waals surface area contributed by atoms with Crippen LogP contribution in [0.3, 0.4) is 0 Å². The van der Waals surface area contributed by atoms with E-state index in [1.807, 2.05) is 41.3 Å². The molecule has 0 radical (unpaired) electrons. The van der Waals surface area contributed by atoms with Gasteiger partial charge in [0.15, 0.2) is 0 Å². The molecule has 1 aliphatic heterocycles. The molecule has 1 N–H and O–H groups in total. The lowest BCUT2D eigenvalue weighted by atomic mass is 10.1. The zero-order chi connectivity index (χ0) is 21.6. The third kappa shape index (κ3) is 4.94. The molecule has 3 rings (SSSR count). The molecular formula is C22H24N4O3S. The summed E-state index contributed by atoms with van der Waals surface area (Å²) >= 11 is 0. The van der Waals surface area contributed by atoms with Gasteiger partial charge in [0, 0.05) is 32.7 Å². The monoisotopic (exact) mass is 424 g/mol. The number of nitriles is 1. The van der Waals surface area contributed by atoms with Crippen LogP contribution in [-0.2, 0) is 21.4 Å². The Morgan fingerprint density at radius 1 is 1.20 bits per heavy atom. The molecule has 2 aromatic carbocycles. The molecule has 30 heavy (non-hydrogen) atoms. The minimum atomic E-state index is -3.94. The summed E-state index contributed by atoms with van der Waals surface area (Å²) in [6.07, 6.45) is 1.74. The van der Waals surface area contributed by atoms with Crippen molar-refractivity contribution in [2.75, 3.05) is 26.2 Å². The SMILES string of the molecule is C=CCN1CCN(S(=O)(=O)c2cccc(C#N)c2)C(C(=O)NCc2ccccc2)C1. The molecule has 0 bridgehead atoms. The highest BCUT2D eigenvalue weighted by molar-refractivity contribution is 7.89. The van der Waals surface area contributed by atoms with E-state index in [4.69, 9.17) is 5.26 Å². The molecule has 1 unspecified atom stereocenters. The van der Waals surface area contributed by atoms with Crippen molar-refractivity contribution in [1.82, 2.24) is 14.5 Å². The molecule has 2 aromatic rings. The standard InChI is InChI=1S/C22H24N4O3S/c1-2-11-25-12-13-26(30(28,29)20-10-6-9-19(14-20)15-23)21(17-25)22(27)24-16-18-7-4-3-5-8-18/h2-10,14,21H,1,11-13,16-17H2,(H,24,27). The molecule has 7 nitrogen and oxygen atoms in total. The highest BCUT2D eigenvalue weighted by atomic mass is 32.2. The third-order valence-corrected chi connectivity index (χ3v) is 6.89. The zero-order valence-corrected chi connectivity index (χ0v) is 17.4. The van der Waals surface area contributed by atoms with Crippen LogP contribution in [0.1, 0.15) is 11.1 Å². The number of carbonyl (C=O) groups is 1. The van der Waals surface area contributed by atoms with E-state index in [2.05, 4.69) is 11.9 Å². The van der Waals surface area contributed by atoms with E-state index in [0.29, 0.717) is 19.6 Å². The number of piperazine rings is 1. The predicted octanol–water partition coefficient (Wildman–Crippen LogP) is 1.74. The van der Waals surface area contributed by atoms with E-state index in [-0.39, 0.29) is 29.5 Å². The number of hydrogen-bond acceptors (Lipinski definition) is 5. The average molecular weight is 425 g/mol. The molecule has 1 fully saturated rings. The lowest BCUT2D eigenvalue weighted by Crippen LogP contribution is -2.60. The van der Waals surface area contributed by atoms with Gasteiger partial charge in [0.2, 0.25) is 15.9 Å². The van der Waals surface area contributed by atoms with Crippen LogP contribution in [-0.4, -0.2) is 55.8 Å². The first-order chi connectivity index (χ1) is 14.5. The summed E-state index contributed by atoms with van der Waals surface area (Å²) in [5.74, 6) is -0.354. The fourth-order valence-corrected chi connectivity index (χ4v) is 5.05. The molecule has 156 valence electrons. The van der Waals surface area contributed by atoms with Gasteiger partial charge in [-0.1, -0.05) is 42.5 Å². The summed E-state index contributed by atoms with van der Waals surface area (Å²) in [4.78, 5) is 15.0. The summed E-state index contributed by atoms with van der Waals surface area (Å²) < 4.78 is 27.9. The normalized spacial score (nSPS) is 17.8. The third-order valence-electron chi connectivity index (χ3n) is 4.98. The maximum atomic E-state index is 13.3. The Labute approximate surface area is 177 Å². The van der Waals surface area contributed by atoms with Gasteiger partial charge in [0.1, 0.15) is 6.04 Å². The molecule has 1 amide bonds. The molecule has 1 saturated heterocycles. The quantitative estimate of drug-likeness (QED) is 0.684. The van der Waals surface area contributed by atoms with Gasteiger partial charge in [-0.05, 0) is 23.8 Å². The number of nitrogens with zero attached hydrogens (tertiary/aromatic N) is 3. The summed E-state index contributed by atoms with van der Waals surface area (Å²) in [6.45, 7) is 5.55. The Balaban J connectivity index is 1.85. The van der Waals surface area contributed by atoms with Crippen molar-refractivity contribution in [3.05, 3.63) is 78.4 Å². The molecule has 0 aliphatic carbocycles. The van der Waals surface area contributed by atoms with Gasteiger partial charge in [-0.25, -0.2) is 8.42 Å². The topological polar surface area (TPSA) is 93.5 Å². The van der Waals surface area contributed by atoms with Crippen LogP contribution < -0.4 is 5.32 Å². The molecule has 1 atom stereocenters. The van der Waals surface area contributed by atoms with Gasteiger partial charge in [-0.3, -0.25) is 9.69 Å². The van der Waals surface area contributed by atoms with Gasteiger partial charge >= 0.3 is 0 Å². The van der Waals surface area contributed by atoms with E-state index in [0.717, 1.165) is 5.56 Å². The highest BCUT2D eigenvalue weighted by Crippen LogP contribution is 2.22. The fourth-order valence-electron chi connectivity index (χ4n) is 3.44. The van der Waals surface area contributed by atoms with E-state index >= 15 is 0 Å². The molecule has 1 heterocycles. The van der Waals surface area contributed by atoms with Crippen molar-refractivity contribution in [2.24, 2.45) is 0 Å². The number of amides is 1. The van der Waals surface area contributed by atoms with E-state index in [9.17, 15) is 13.2 Å². The largest absolute Gasteiger partial charge is 0.351 e. The maximum absolute atomic E-state index is 13.3. The lowest BCUT2D eigenvalue weighted by molar-refractivity contribution is -0.126. The Morgan fingerprint density at radius 2 is 1.97 bits per heavy atom. The van der Waals surface area contributed by atoms with Crippen molar-refractivity contribution in [1.29, 1.82) is 5.26 Å². The first-order valence-electron chi connectivity index (χ1n) is 9.62. The molecule has 0 saturated carbocycles. The van der Waals surface area contributed by atoms with Gasteiger partial charge in [-0.2, -0.15) is 9.57 Å². The highest BCUT2D eigenvalue weighted by Gasteiger charge is 2.39. The average Bonchev–Trinajstić information content (AvgIpc) is 2.78. The smallest absolute Gasteiger partial charge is 0.243 e. The molecule has 0 spiro atoms. The second kappa shape index (κ2) is 9.67. The Morgan fingerprint density at radius 3 is 2.67 bits per heavy atom. The number of carbonyl (C=O) groups excluding carboxylic acids is 1. The van der Waals surface area contributed by atoms with Gasteiger partial charge < -0.3 is 5.32 Å². The molecular weight excluding hydrogens is 400 g/mol. The Hall–Kier alpha value is -2.99. The van der Waals surface area contributed by atoms with Crippen LogP contribution in [0.25, 0.3) is 0 Å². The van der Waals surface area contributed by atoms with Gasteiger partial charge in [0.25, 0.3) is 0 Å². The van der Waals surface area contributed by atoms with Crippen LogP contribution in [0.5, 0.6) is 0 Å². The van der Waals surface area contributed by atoms with Gasteiger partial charge in [0.05, 0.1) is 16.5 Å². The van der Waals surface area contributed by atoms with Crippen LogP contribution in [0.2, 0.25) is 0 Å². The first kappa shape index (κ1) is 21.7. The fraction of sp³-hybridized carbons (Fsp3) is 0.273. The summed E-state index contributed by atoms with van der Waals surface area (Å²) in [5.41, 5.74) is 1.19. The predicted molar refractivity (Wildman–Crippen MR) is 114 cm³/mol. The minimum absolute atomic E-state index is 0.0135. The second-order valence-corrected chi connectivity index (χ2v) is 8.91. The summed E-state index contributed by atoms with van der Waals surface area (Å²) in [7, 11) is -3.94. The maximum Gasteiger partial charge on any atom is 0.243 e. The molecule has 0 aromatic heterocycles. The summed E-state index contributed by atoms with van der Waals surface area (Å²) in [6, 6.07) is 16.4. The van der Waals surface area contributed by atoms with Crippen LogP contribution >= 0.6 is 0 Å². The number of sulfonamides is 1. The van der Waals surface area contributed by atoms with Crippen LogP contribution in [0.15, 0.2) is 72.1 Å². The van der Waals surface area contributed by atoms with Gasteiger partial charge in [-0.15, -0.1) is 6.58 Å². The zero-order valence-electron chi connectivity index (χ0n) is 16.6. The van der Waals surface area contributed by atoms with Crippen molar-refractivity contribution >= 4 is 15.9 Å². The summed E-state index contributed by atoms with van der Waals surface area (Å²) in [5, 5.41) is 12.0. The molecule has 8 heteroatoms. The number of rotatable bonds is 7. The van der Waals surface area contributed by atoms with Crippen molar-refractivity contribution < 1.29 is 13.2 Å². The Bertz CT molecular complexity index is 1050. The van der Waals surface area contributed by atoms with Crippen molar-refractivity contribution in [3.63, 3.8) is 0 Å². The second-order valence-electron chi connectivity index (χ2n) is 7.02. The van der Waals surface area contributed by atoms with Crippen molar-refractivity contribution in [2.45, 2.75) is 17.5 Å². The lowest BCUT2D eigenvalue weighted by Gasteiger charge is -2.39. The van der Waals surface area contributed by atoms with Crippen molar-refractivity contribution in [3.8, 4) is 6.07 Å². The Kier molecular flexibility index (Phi) is 7.00. The van der Waals surface area contributed by atoms with E-state index < -0.39 is 16.1 Å². The van der Waals surface area contributed by atoms with Crippen LogP contribution in [0, 0.1) is 11.3 Å². The first-order valence-corrected chi connectivity index (χ1v) is 11.1. The number of benzene rings is 2.